The van der Waals surface area contributed by atoms with E-state index in [9.17, 15) is 14.7 Å². The standard InChI is InChI=1S/C29H38N2O5/c1-5-8-19-36-24-12-9-11-22(20-24)27(32)25-26(21-13-15-23(35-4)16-14-21)31(29(34)28(25)33)18-10-17-30(6-2)7-3/h9,11-16,20,26,32H,5-8,10,17-19H2,1-4H3/b27-25+. The number of amides is 1. The number of ether oxygens (including phenoxy) is 2. The zero-order chi connectivity index (χ0) is 26.1. The van der Waals surface area contributed by atoms with Gasteiger partial charge < -0.3 is 24.4 Å². The first-order valence-corrected chi connectivity index (χ1v) is 12.8. The Hall–Kier alpha value is -3.32. The lowest BCUT2D eigenvalue weighted by atomic mass is 9.95. The number of likely N-dealkylation sites (tertiary alicyclic amines) is 1. The number of rotatable bonds is 13. The van der Waals surface area contributed by atoms with Crippen LogP contribution in [0.2, 0.25) is 0 Å². The van der Waals surface area contributed by atoms with Gasteiger partial charge in [0.1, 0.15) is 17.3 Å². The smallest absolute Gasteiger partial charge is 0.295 e. The first kappa shape index (κ1) is 27.3. The van der Waals surface area contributed by atoms with Gasteiger partial charge in [-0.05, 0) is 62.3 Å². The van der Waals surface area contributed by atoms with Crippen LogP contribution in [-0.4, -0.2) is 66.5 Å². The second kappa shape index (κ2) is 13.1. The van der Waals surface area contributed by atoms with Gasteiger partial charge in [0.25, 0.3) is 11.7 Å². The van der Waals surface area contributed by atoms with Gasteiger partial charge in [-0.15, -0.1) is 0 Å². The molecule has 7 heteroatoms. The molecule has 0 spiro atoms. The third kappa shape index (κ3) is 6.26. The number of carbonyl (C=O) groups excluding carboxylic acids is 2. The van der Waals surface area contributed by atoms with Crippen LogP contribution in [-0.2, 0) is 9.59 Å². The number of carbonyl (C=O) groups is 2. The van der Waals surface area contributed by atoms with Crippen molar-refractivity contribution in [1.82, 2.24) is 9.80 Å². The minimum absolute atomic E-state index is 0.0960. The predicted octanol–water partition coefficient (Wildman–Crippen LogP) is 5.03. The lowest BCUT2D eigenvalue weighted by Crippen LogP contribution is -2.33. The molecule has 1 atom stereocenters. The van der Waals surface area contributed by atoms with Crippen molar-refractivity contribution >= 4 is 17.4 Å². The summed E-state index contributed by atoms with van der Waals surface area (Å²) in [5, 5.41) is 11.3. The Morgan fingerprint density at radius 2 is 1.72 bits per heavy atom. The number of unbranched alkanes of at least 4 members (excludes halogenated alkanes) is 1. The molecule has 3 rings (SSSR count). The maximum absolute atomic E-state index is 13.3. The summed E-state index contributed by atoms with van der Waals surface area (Å²) < 4.78 is 11.1. The van der Waals surface area contributed by atoms with Gasteiger partial charge in [-0.1, -0.05) is 51.5 Å². The summed E-state index contributed by atoms with van der Waals surface area (Å²) in [6.07, 6.45) is 2.66. The third-order valence-electron chi connectivity index (χ3n) is 6.61. The monoisotopic (exact) mass is 494 g/mol. The number of benzene rings is 2. The van der Waals surface area contributed by atoms with Gasteiger partial charge in [0.15, 0.2) is 0 Å². The number of aliphatic hydroxyl groups excluding tert-OH is 1. The summed E-state index contributed by atoms with van der Waals surface area (Å²) in [7, 11) is 1.59. The van der Waals surface area contributed by atoms with Gasteiger partial charge in [-0.3, -0.25) is 9.59 Å². The predicted molar refractivity (Wildman–Crippen MR) is 141 cm³/mol. The van der Waals surface area contributed by atoms with Gasteiger partial charge in [0, 0.05) is 12.1 Å². The highest BCUT2D eigenvalue weighted by Gasteiger charge is 2.45. The van der Waals surface area contributed by atoms with Crippen LogP contribution < -0.4 is 9.47 Å². The largest absolute Gasteiger partial charge is 0.507 e. The Bertz CT molecular complexity index is 1060. The summed E-state index contributed by atoms with van der Waals surface area (Å²) in [5.41, 5.74) is 1.29. The molecule has 1 aliphatic heterocycles. The first-order valence-electron chi connectivity index (χ1n) is 12.8. The molecule has 0 aliphatic carbocycles. The summed E-state index contributed by atoms with van der Waals surface area (Å²) >= 11 is 0. The van der Waals surface area contributed by atoms with Crippen molar-refractivity contribution in [3.63, 3.8) is 0 Å². The Labute approximate surface area is 214 Å². The lowest BCUT2D eigenvalue weighted by molar-refractivity contribution is -0.140. The molecule has 2 aromatic carbocycles. The van der Waals surface area contributed by atoms with Crippen LogP contribution in [0, 0.1) is 0 Å². The molecule has 1 amide bonds. The molecule has 36 heavy (non-hydrogen) atoms. The number of Topliss-reactive ketones (excluding diaryl/α,β-unsaturated/α-hetero) is 1. The fourth-order valence-corrected chi connectivity index (χ4v) is 4.47. The molecule has 194 valence electrons. The van der Waals surface area contributed by atoms with Crippen LogP contribution in [0.15, 0.2) is 54.1 Å². The van der Waals surface area contributed by atoms with E-state index in [1.807, 2.05) is 18.2 Å². The van der Waals surface area contributed by atoms with Crippen LogP contribution >= 0.6 is 0 Å². The fraction of sp³-hybridized carbons (Fsp3) is 0.448. The van der Waals surface area contributed by atoms with Gasteiger partial charge in [-0.2, -0.15) is 0 Å². The Kier molecular flexibility index (Phi) is 9.94. The van der Waals surface area contributed by atoms with E-state index in [4.69, 9.17) is 9.47 Å². The highest BCUT2D eigenvalue weighted by atomic mass is 16.5. The summed E-state index contributed by atoms with van der Waals surface area (Å²) in [6, 6.07) is 13.6. The van der Waals surface area contributed by atoms with E-state index >= 15 is 0 Å². The molecule has 2 aromatic rings. The average molecular weight is 495 g/mol. The van der Waals surface area contributed by atoms with Crippen molar-refractivity contribution in [2.75, 3.05) is 39.9 Å². The van der Waals surface area contributed by atoms with E-state index in [1.54, 1.807) is 42.3 Å². The SMILES string of the molecule is CCCCOc1cccc(/C(O)=C2\C(=O)C(=O)N(CCCN(CC)CC)C2c2ccc(OC)cc2)c1. The molecule has 1 aliphatic rings. The molecule has 1 unspecified atom stereocenters. The molecular formula is C29H38N2O5. The summed E-state index contributed by atoms with van der Waals surface area (Å²) in [5.74, 6) is -0.168. The van der Waals surface area contributed by atoms with E-state index in [-0.39, 0.29) is 11.3 Å². The number of nitrogens with zero attached hydrogens (tertiary/aromatic N) is 2. The van der Waals surface area contributed by atoms with Gasteiger partial charge >= 0.3 is 0 Å². The first-order chi connectivity index (χ1) is 17.4. The van der Waals surface area contributed by atoms with Gasteiger partial charge in [-0.25, -0.2) is 0 Å². The zero-order valence-electron chi connectivity index (χ0n) is 21.8. The number of ketones is 1. The summed E-state index contributed by atoms with van der Waals surface area (Å²) in [4.78, 5) is 30.3. The van der Waals surface area contributed by atoms with Crippen molar-refractivity contribution < 1.29 is 24.2 Å². The number of hydrogen-bond acceptors (Lipinski definition) is 6. The molecule has 1 fully saturated rings. The second-order valence-electron chi connectivity index (χ2n) is 8.88. The molecule has 1 saturated heterocycles. The van der Waals surface area contributed by atoms with E-state index in [1.165, 1.54) is 0 Å². The van der Waals surface area contributed by atoms with Crippen LogP contribution in [0.4, 0.5) is 0 Å². The second-order valence-corrected chi connectivity index (χ2v) is 8.88. The topological polar surface area (TPSA) is 79.3 Å². The molecule has 1 N–H and O–H groups in total. The van der Waals surface area contributed by atoms with Crippen LogP contribution in [0.1, 0.15) is 57.2 Å². The fourth-order valence-electron chi connectivity index (χ4n) is 4.47. The van der Waals surface area contributed by atoms with Crippen molar-refractivity contribution in [3.05, 3.63) is 65.2 Å². The number of methoxy groups -OCH3 is 1. The Morgan fingerprint density at radius 1 is 1.00 bits per heavy atom. The number of aliphatic hydroxyl groups is 1. The van der Waals surface area contributed by atoms with E-state index in [0.717, 1.165) is 44.5 Å². The maximum atomic E-state index is 13.3. The number of hydrogen-bond donors (Lipinski definition) is 1. The van der Waals surface area contributed by atoms with E-state index in [2.05, 4.69) is 25.7 Å². The molecule has 1 heterocycles. The van der Waals surface area contributed by atoms with Crippen molar-refractivity contribution in [2.24, 2.45) is 0 Å². The Morgan fingerprint density at radius 3 is 2.36 bits per heavy atom. The van der Waals surface area contributed by atoms with Crippen LogP contribution in [0.5, 0.6) is 11.5 Å². The average Bonchev–Trinajstić information content (AvgIpc) is 3.16. The quantitative estimate of drug-likeness (QED) is 0.182. The molecule has 0 bridgehead atoms. The van der Waals surface area contributed by atoms with E-state index < -0.39 is 17.7 Å². The molecular weight excluding hydrogens is 456 g/mol. The third-order valence-corrected chi connectivity index (χ3v) is 6.61. The summed E-state index contributed by atoms with van der Waals surface area (Å²) in [6.45, 7) is 9.95. The molecule has 0 aromatic heterocycles. The lowest BCUT2D eigenvalue weighted by Gasteiger charge is -2.27. The Balaban J connectivity index is 1.99. The molecule has 0 saturated carbocycles. The highest BCUT2D eigenvalue weighted by Crippen LogP contribution is 2.40. The van der Waals surface area contributed by atoms with Gasteiger partial charge in [0.05, 0.1) is 25.3 Å². The van der Waals surface area contributed by atoms with Crippen molar-refractivity contribution in [3.8, 4) is 11.5 Å². The van der Waals surface area contributed by atoms with Crippen molar-refractivity contribution in [1.29, 1.82) is 0 Å². The van der Waals surface area contributed by atoms with Crippen molar-refractivity contribution in [2.45, 2.75) is 46.1 Å². The minimum Gasteiger partial charge on any atom is -0.507 e. The van der Waals surface area contributed by atoms with Crippen LogP contribution in [0.25, 0.3) is 5.76 Å². The molecule has 0 radical (unpaired) electrons. The van der Waals surface area contributed by atoms with Gasteiger partial charge in [0.2, 0.25) is 0 Å². The maximum Gasteiger partial charge on any atom is 0.295 e. The highest BCUT2D eigenvalue weighted by molar-refractivity contribution is 6.46. The normalized spacial score (nSPS) is 17.1. The van der Waals surface area contributed by atoms with E-state index in [0.29, 0.717) is 30.2 Å². The zero-order valence-corrected chi connectivity index (χ0v) is 21.8. The van der Waals surface area contributed by atoms with Crippen LogP contribution in [0.3, 0.4) is 0 Å². The molecule has 7 nitrogen and oxygen atoms in total. The minimum atomic E-state index is -0.683.